The first-order valence-electron chi connectivity index (χ1n) is 7.98. The van der Waals surface area contributed by atoms with Gasteiger partial charge in [-0.1, -0.05) is 18.5 Å². The van der Waals surface area contributed by atoms with E-state index < -0.39 is 0 Å². The van der Waals surface area contributed by atoms with Crippen LogP contribution in [0, 0.1) is 5.92 Å². The van der Waals surface area contributed by atoms with Gasteiger partial charge < -0.3 is 11.1 Å². The minimum atomic E-state index is 0. The summed E-state index contributed by atoms with van der Waals surface area (Å²) in [6.07, 6.45) is 4.95. The van der Waals surface area contributed by atoms with Gasteiger partial charge in [-0.2, -0.15) is 0 Å². The Labute approximate surface area is 154 Å². The third kappa shape index (κ3) is 7.34. The van der Waals surface area contributed by atoms with Crippen molar-refractivity contribution in [1.82, 2.24) is 5.32 Å². The molecule has 1 amide bonds. The van der Waals surface area contributed by atoms with E-state index in [1.165, 1.54) is 4.90 Å². The normalized spacial score (nSPS) is 22.0. The van der Waals surface area contributed by atoms with E-state index in [0.29, 0.717) is 24.3 Å². The van der Waals surface area contributed by atoms with Crippen molar-refractivity contribution < 1.29 is 4.79 Å². The molecule has 23 heavy (non-hydrogen) atoms. The highest BCUT2D eigenvalue weighted by molar-refractivity contribution is 8.00. The molecule has 2 rings (SSSR count). The largest absolute Gasteiger partial charge is 0.353 e. The fourth-order valence-corrected chi connectivity index (χ4v) is 4.03. The summed E-state index contributed by atoms with van der Waals surface area (Å²) >= 11 is 7.83. The maximum absolute atomic E-state index is 11.9. The highest BCUT2D eigenvalue weighted by Gasteiger charge is 2.23. The van der Waals surface area contributed by atoms with E-state index in [1.54, 1.807) is 0 Å². The number of carbonyl (C=O) groups excluding carboxylic acids is 1. The number of nitrogens with one attached hydrogen (secondary N) is 1. The highest BCUT2D eigenvalue weighted by Crippen LogP contribution is 2.34. The second-order valence-electron chi connectivity index (χ2n) is 6.16. The van der Waals surface area contributed by atoms with Crippen molar-refractivity contribution >= 4 is 41.7 Å². The Morgan fingerprint density at radius 2 is 1.91 bits per heavy atom. The van der Waals surface area contributed by atoms with Crippen molar-refractivity contribution in [3.05, 3.63) is 29.3 Å². The van der Waals surface area contributed by atoms with E-state index in [9.17, 15) is 4.79 Å². The van der Waals surface area contributed by atoms with Gasteiger partial charge in [0.2, 0.25) is 5.91 Å². The first-order valence-corrected chi connectivity index (χ1v) is 9.24. The van der Waals surface area contributed by atoms with E-state index in [1.807, 2.05) is 30.8 Å². The molecule has 0 heterocycles. The molecule has 130 valence electrons. The molecular formula is C17H26Cl2N2OS. The molecule has 1 aromatic rings. The molecule has 0 radical (unpaired) electrons. The molecule has 1 aliphatic carbocycles. The number of amides is 1. The van der Waals surface area contributed by atoms with Crippen molar-refractivity contribution in [2.24, 2.45) is 11.7 Å². The van der Waals surface area contributed by atoms with Gasteiger partial charge in [-0.25, -0.2) is 0 Å². The fraction of sp³-hybridized carbons (Fsp3) is 0.588. The molecule has 0 aliphatic heterocycles. The number of halogens is 2. The van der Waals surface area contributed by atoms with Crippen molar-refractivity contribution in [2.45, 2.75) is 55.2 Å². The molecule has 6 heteroatoms. The molecule has 1 atom stereocenters. The Balaban J connectivity index is 0.00000264. The molecule has 1 unspecified atom stereocenters. The molecule has 1 fully saturated rings. The molecule has 3 nitrogen and oxygen atoms in total. The zero-order chi connectivity index (χ0) is 15.9. The summed E-state index contributed by atoms with van der Waals surface area (Å²) in [5, 5.41) is 4.57. The van der Waals surface area contributed by atoms with Crippen molar-refractivity contribution in [1.29, 1.82) is 0 Å². The molecular weight excluding hydrogens is 351 g/mol. The van der Waals surface area contributed by atoms with Crippen molar-refractivity contribution in [2.75, 3.05) is 6.54 Å². The van der Waals surface area contributed by atoms with E-state index in [4.69, 9.17) is 17.3 Å². The first kappa shape index (κ1) is 20.6. The lowest BCUT2D eigenvalue weighted by atomic mass is 9.94. The van der Waals surface area contributed by atoms with Gasteiger partial charge in [0, 0.05) is 27.6 Å². The second-order valence-corrected chi connectivity index (χ2v) is 7.97. The zero-order valence-corrected chi connectivity index (χ0v) is 15.9. The lowest BCUT2D eigenvalue weighted by molar-refractivity contribution is -0.122. The predicted octanol–water partition coefficient (Wildman–Crippen LogP) is 4.27. The highest BCUT2D eigenvalue weighted by atomic mass is 35.5. The molecule has 0 aromatic heterocycles. The van der Waals surface area contributed by atoms with Crippen LogP contribution in [-0.2, 0) is 4.79 Å². The van der Waals surface area contributed by atoms with Crippen molar-refractivity contribution in [3.63, 3.8) is 0 Å². The third-order valence-electron chi connectivity index (χ3n) is 4.09. The van der Waals surface area contributed by atoms with Gasteiger partial charge >= 0.3 is 0 Å². The third-order valence-corrected chi connectivity index (χ3v) is 5.69. The van der Waals surface area contributed by atoms with Gasteiger partial charge in [0.05, 0.1) is 0 Å². The van der Waals surface area contributed by atoms with E-state index >= 15 is 0 Å². The van der Waals surface area contributed by atoms with Gasteiger partial charge in [0.1, 0.15) is 0 Å². The van der Waals surface area contributed by atoms with Crippen LogP contribution < -0.4 is 11.1 Å². The number of hydrogen-bond acceptors (Lipinski definition) is 3. The Bertz CT molecular complexity index is 476. The van der Waals surface area contributed by atoms with Crippen LogP contribution >= 0.6 is 35.8 Å². The van der Waals surface area contributed by atoms with Crippen molar-refractivity contribution in [3.8, 4) is 0 Å². The number of carbonyl (C=O) groups is 1. The van der Waals surface area contributed by atoms with E-state index in [0.717, 1.165) is 30.7 Å². The molecule has 0 spiro atoms. The van der Waals surface area contributed by atoms with E-state index in [-0.39, 0.29) is 24.2 Å². The molecule has 1 aromatic carbocycles. The van der Waals surface area contributed by atoms with Gasteiger partial charge in [0.15, 0.2) is 0 Å². The predicted molar refractivity (Wildman–Crippen MR) is 102 cm³/mol. The first-order chi connectivity index (χ1) is 10.6. The number of benzene rings is 1. The molecule has 1 aliphatic rings. The maximum atomic E-state index is 11.9. The van der Waals surface area contributed by atoms with E-state index in [2.05, 4.69) is 17.4 Å². The summed E-state index contributed by atoms with van der Waals surface area (Å²) in [7, 11) is 0. The Morgan fingerprint density at radius 1 is 1.30 bits per heavy atom. The summed E-state index contributed by atoms with van der Waals surface area (Å²) in [6.45, 7) is 2.58. The average Bonchev–Trinajstić information content (AvgIpc) is 2.51. The van der Waals surface area contributed by atoms with Crippen LogP contribution in [0.3, 0.4) is 0 Å². The minimum Gasteiger partial charge on any atom is -0.353 e. The lowest BCUT2D eigenvalue weighted by Gasteiger charge is -2.29. The quantitative estimate of drug-likeness (QED) is 0.779. The molecule has 0 saturated heterocycles. The van der Waals surface area contributed by atoms with Crippen LogP contribution in [0.4, 0.5) is 0 Å². The van der Waals surface area contributed by atoms with Gasteiger partial charge in [-0.3, -0.25) is 4.79 Å². The molecule has 0 bridgehead atoms. The smallest absolute Gasteiger partial charge is 0.220 e. The zero-order valence-electron chi connectivity index (χ0n) is 13.5. The number of nitrogens with two attached hydrogens (primary N) is 1. The van der Waals surface area contributed by atoms with Crippen LogP contribution in [0.5, 0.6) is 0 Å². The summed E-state index contributed by atoms with van der Waals surface area (Å²) in [4.78, 5) is 13.2. The minimum absolute atomic E-state index is 0. The van der Waals surface area contributed by atoms with Gasteiger partial charge in [0.25, 0.3) is 0 Å². The Hall–Kier alpha value is -0.420. The summed E-state index contributed by atoms with van der Waals surface area (Å²) in [5.41, 5.74) is 5.56. The SMILES string of the molecule is CC(CN)CC(=O)NC1CCC(Sc2ccc(Cl)cc2)CC1.Cl. The Morgan fingerprint density at radius 3 is 2.48 bits per heavy atom. The van der Waals surface area contributed by atoms with Crippen LogP contribution in [0.1, 0.15) is 39.0 Å². The summed E-state index contributed by atoms with van der Waals surface area (Å²) in [5.74, 6) is 0.406. The summed E-state index contributed by atoms with van der Waals surface area (Å²) in [6, 6.07) is 8.37. The van der Waals surface area contributed by atoms with Gasteiger partial charge in [-0.05, 0) is 62.4 Å². The standard InChI is InChI=1S/C17H25ClN2OS.ClH/c1-12(11-19)10-17(21)20-14-4-8-16(9-5-14)22-15-6-2-13(18)3-7-15;/h2-3,6-7,12,14,16H,4-5,8-11,19H2,1H3,(H,20,21);1H. The van der Waals surface area contributed by atoms with Crippen LogP contribution in [0.15, 0.2) is 29.2 Å². The summed E-state index contributed by atoms with van der Waals surface area (Å²) < 4.78 is 0. The topological polar surface area (TPSA) is 55.1 Å². The molecule has 3 N–H and O–H groups in total. The fourth-order valence-electron chi connectivity index (χ4n) is 2.72. The number of hydrogen-bond donors (Lipinski definition) is 2. The number of rotatable bonds is 6. The maximum Gasteiger partial charge on any atom is 0.220 e. The Kier molecular flexibility index (Phi) is 9.37. The van der Waals surface area contributed by atoms with Crippen LogP contribution in [-0.4, -0.2) is 23.7 Å². The second kappa shape index (κ2) is 10.4. The average molecular weight is 377 g/mol. The monoisotopic (exact) mass is 376 g/mol. The number of thioether (sulfide) groups is 1. The van der Waals surface area contributed by atoms with Crippen LogP contribution in [0.2, 0.25) is 5.02 Å². The van der Waals surface area contributed by atoms with Gasteiger partial charge in [-0.15, -0.1) is 24.2 Å². The van der Waals surface area contributed by atoms with Crippen LogP contribution in [0.25, 0.3) is 0 Å². The lowest BCUT2D eigenvalue weighted by Crippen LogP contribution is -2.39. The molecule has 1 saturated carbocycles.